The van der Waals surface area contributed by atoms with Crippen LogP contribution in [0.5, 0.6) is 0 Å². The minimum absolute atomic E-state index is 0.00194. The molecule has 3 rings (SSSR count). The van der Waals surface area contributed by atoms with Crippen LogP contribution in [0.3, 0.4) is 0 Å². The number of anilines is 1. The third kappa shape index (κ3) is 3.48. The van der Waals surface area contributed by atoms with E-state index >= 15 is 0 Å². The molecule has 2 aliphatic rings. The number of alkyl halides is 3. The fourth-order valence-corrected chi connectivity index (χ4v) is 3.29. The van der Waals surface area contributed by atoms with E-state index in [1.165, 1.54) is 18.5 Å². The van der Waals surface area contributed by atoms with Gasteiger partial charge in [-0.05, 0) is 25.0 Å². The number of hydrogen-bond donors (Lipinski definition) is 2. The van der Waals surface area contributed by atoms with E-state index in [2.05, 4.69) is 15.8 Å². The van der Waals surface area contributed by atoms with Crippen LogP contribution in [-0.4, -0.2) is 17.1 Å². The van der Waals surface area contributed by atoms with Gasteiger partial charge in [-0.25, -0.2) is 9.83 Å². The minimum Gasteiger partial charge on any atom is -0.349 e. The molecule has 0 unspecified atom stereocenters. The number of hydrogen-bond acceptors (Lipinski definition) is 4. The summed E-state index contributed by atoms with van der Waals surface area (Å²) in [5.74, 6) is 0.0244. The van der Waals surface area contributed by atoms with E-state index in [-0.39, 0.29) is 11.6 Å². The Morgan fingerprint density at radius 3 is 2.61 bits per heavy atom. The van der Waals surface area contributed by atoms with Crippen LogP contribution in [-0.2, 0) is 11.0 Å². The molecule has 4 nitrogen and oxygen atoms in total. The summed E-state index contributed by atoms with van der Waals surface area (Å²) in [4.78, 5) is 10.1. The molecular weight excluding hydrogens is 327 g/mol. The molecule has 0 bridgehead atoms. The van der Waals surface area contributed by atoms with Crippen molar-refractivity contribution in [3.05, 3.63) is 29.8 Å². The number of nitrogens with one attached hydrogen (secondary N) is 2. The Bertz CT molecular complexity index is 625. The Hall–Kier alpha value is -1.67. The SMILES string of the molecule is FC(F)(F)c1ccccc1NC(=S)C1CCC2(CC1)N=CNO2. The third-order valence-corrected chi connectivity index (χ3v) is 4.66. The van der Waals surface area contributed by atoms with Gasteiger partial charge in [0.1, 0.15) is 6.34 Å². The maximum Gasteiger partial charge on any atom is 0.418 e. The van der Waals surface area contributed by atoms with Gasteiger partial charge in [-0.3, -0.25) is 5.48 Å². The molecule has 0 saturated heterocycles. The minimum atomic E-state index is -4.41. The van der Waals surface area contributed by atoms with Crippen LogP contribution >= 0.6 is 12.2 Å². The zero-order valence-corrected chi connectivity index (χ0v) is 13.0. The first-order chi connectivity index (χ1) is 10.9. The van der Waals surface area contributed by atoms with Crippen molar-refractivity contribution >= 4 is 29.2 Å². The summed E-state index contributed by atoms with van der Waals surface area (Å²) in [7, 11) is 0. The van der Waals surface area contributed by atoms with E-state index < -0.39 is 17.5 Å². The maximum atomic E-state index is 13.0. The van der Waals surface area contributed by atoms with Gasteiger partial charge in [0.05, 0.1) is 16.2 Å². The highest BCUT2D eigenvalue weighted by Gasteiger charge is 2.40. The van der Waals surface area contributed by atoms with Crippen molar-refractivity contribution in [3.63, 3.8) is 0 Å². The first-order valence-corrected chi connectivity index (χ1v) is 7.75. The van der Waals surface area contributed by atoms with Gasteiger partial charge in [-0.15, -0.1) is 0 Å². The quantitative estimate of drug-likeness (QED) is 0.800. The van der Waals surface area contributed by atoms with Gasteiger partial charge in [0, 0.05) is 18.8 Å². The maximum absolute atomic E-state index is 13.0. The lowest BCUT2D eigenvalue weighted by Crippen LogP contribution is -2.37. The summed E-state index contributed by atoms with van der Waals surface area (Å²) in [5, 5.41) is 2.78. The zero-order chi connectivity index (χ0) is 16.5. The van der Waals surface area contributed by atoms with Crippen LogP contribution in [0.2, 0.25) is 0 Å². The van der Waals surface area contributed by atoms with Crippen molar-refractivity contribution < 1.29 is 18.0 Å². The molecule has 0 aromatic heterocycles. The molecular formula is C15H16F3N3OS. The molecule has 1 aliphatic carbocycles. The molecule has 1 saturated carbocycles. The summed E-state index contributed by atoms with van der Waals surface area (Å²) < 4.78 is 39.1. The highest BCUT2D eigenvalue weighted by atomic mass is 32.1. The van der Waals surface area contributed by atoms with Gasteiger partial charge < -0.3 is 5.32 Å². The highest BCUT2D eigenvalue weighted by molar-refractivity contribution is 7.80. The molecule has 1 aromatic rings. The summed E-state index contributed by atoms with van der Waals surface area (Å²) in [6, 6.07) is 5.37. The monoisotopic (exact) mass is 343 g/mol. The summed E-state index contributed by atoms with van der Waals surface area (Å²) in [6.45, 7) is 0. The molecule has 0 radical (unpaired) electrons. The standard InChI is InChI=1S/C15H16F3N3OS/c16-15(17,18)11-3-1-2-4-12(11)21-13(23)10-5-7-14(8-6-10)19-9-20-22-14/h1-4,9-10H,5-8H2,(H,19,20)(H,21,23). The predicted molar refractivity (Wildman–Crippen MR) is 85.1 cm³/mol. The molecule has 1 heterocycles. The lowest BCUT2D eigenvalue weighted by molar-refractivity contribution is -0.136. The van der Waals surface area contributed by atoms with E-state index in [4.69, 9.17) is 17.1 Å². The van der Waals surface area contributed by atoms with Crippen LogP contribution < -0.4 is 10.8 Å². The summed E-state index contributed by atoms with van der Waals surface area (Å²) in [5.41, 5.74) is 1.39. The molecule has 1 spiro atoms. The van der Waals surface area contributed by atoms with Gasteiger partial charge in [-0.1, -0.05) is 24.4 Å². The Balaban J connectivity index is 1.66. The van der Waals surface area contributed by atoms with Crippen molar-refractivity contribution in [2.24, 2.45) is 10.9 Å². The topological polar surface area (TPSA) is 45.7 Å². The first kappa shape index (κ1) is 16.2. The van der Waals surface area contributed by atoms with Crippen LogP contribution in [0, 0.1) is 5.92 Å². The molecule has 23 heavy (non-hydrogen) atoms. The lowest BCUT2D eigenvalue weighted by Gasteiger charge is -2.33. The van der Waals surface area contributed by atoms with Crippen LogP contribution in [0.4, 0.5) is 18.9 Å². The van der Waals surface area contributed by atoms with E-state index in [9.17, 15) is 13.2 Å². The number of aliphatic imine (C=N–C) groups is 1. The van der Waals surface area contributed by atoms with Crippen molar-refractivity contribution in [3.8, 4) is 0 Å². The fraction of sp³-hybridized carbons (Fsp3) is 0.467. The molecule has 1 fully saturated rings. The molecule has 0 amide bonds. The summed E-state index contributed by atoms with van der Waals surface area (Å²) >= 11 is 5.33. The highest BCUT2D eigenvalue weighted by Crippen LogP contribution is 2.39. The van der Waals surface area contributed by atoms with Gasteiger partial charge in [0.25, 0.3) is 0 Å². The van der Waals surface area contributed by atoms with E-state index in [1.54, 1.807) is 6.07 Å². The van der Waals surface area contributed by atoms with E-state index in [1.807, 2.05) is 0 Å². The molecule has 1 aliphatic heterocycles. The van der Waals surface area contributed by atoms with Crippen LogP contribution in [0.15, 0.2) is 29.3 Å². The van der Waals surface area contributed by atoms with Gasteiger partial charge in [0.15, 0.2) is 5.72 Å². The lowest BCUT2D eigenvalue weighted by atomic mass is 9.83. The van der Waals surface area contributed by atoms with Crippen molar-refractivity contribution in [1.82, 2.24) is 5.48 Å². The van der Waals surface area contributed by atoms with Gasteiger partial charge >= 0.3 is 6.18 Å². The zero-order valence-electron chi connectivity index (χ0n) is 12.2. The average Bonchev–Trinajstić information content (AvgIpc) is 2.95. The fourth-order valence-electron chi connectivity index (χ4n) is 2.94. The Kier molecular flexibility index (Phi) is 4.29. The number of rotatable bonds is 2. The second kappa shape index (κ2) is 6.09. The number of para-hydroxylation sites is 1. The second-order valence-electron chi connectivity index (χ2n) is 5.73. The van der Waals surface area contributed by atoms with Crippen molar-refractivity contribution in [1.29, 1.82) is 0 Å². The smallest absolute Gasteiger partial charge is 0.349 e. The van der Waals surface area contributed by atoms with Crippen LogP contribution in [0.1, 0.15) is 31.2 Å². The predicted octanol–water partition coefficient (Wildman–Crippen LogP) is 3.89. The number of nitrogens with zero attached hydrogens (tertiary/aromatic N) is 1. The van der Waals surface area contributed by atoms with E-state index in [0.29, 0.717) is 17.8 Å². The molecule has 124 valence electrons. The Morgan fingerprint density at radius 2 is 2.00 bits per heavy atom. The molecule has 0 atom stereocenters. The second-order valence-corrected chi connectivity index (χ2v) is 6.17. The number of hydroxylamine groups is 1. The summed E-state index contributed by atoms with van der Waals surface area (Å²) in [6.07, 6.45) is -0.0732. The average molecular weight is 343 g/mol. The Labute approximate surface area is 137 Å². The normalized spacial score (nSPS) is 27.0. The van der Waals surface area contributed by atoms with Crippen molar-refractivity contribution in [2.75, 3.05) is 5.32 Å². The van der Waals surface area contributed by atoms with Crippen molar-refractivity contribution in [2.45, 2.75) is 37.6 Å². The molecule has 2 N–H and O–H groups in total. The Morgan fingerprint density at radius 1 is 1.30 bits per heavy atom. The molecule has 8 heteroatoms. The van der Waals surface area contributed by atoms with Gasteiger partial charge in [-0.2, -0.15) is 13.2 Å². The van der Waals surface area contributed by atoms with E-state index in [0.717, 1.165) is 18.9 Å². The number of thiocarbonyl (C=S) groups is 1. The molecule has 1 aromatic carbocycles. The van der Waals surface area contributed by atoms with Gasteiger partial charge in [0.2, 0.25) is 0 Å². The number of benzene rings is 1. The van der Waals surface area contributed by atoms with Crippen LogP contribution in [0.25, 0.3) is 0 Å². The first-order valence-electron chi connectivity index (χ1n) is 7.34. The number of halogens is 3. The third-order valence-electron chi connectivity index (χ3n) is 4.23. The largest absolute Gasteiger partial charge is 0.418 e.